The third-order valence-corrected chi connectivity index (χ3v) is 2.87. The molecule has 0 aliphatic rings. The quantitative estimate of drug-likeness (QED) is 0.719. The zero-order valence-electron chi connectivity index (χ0n) is 7.65. The van der Waals surface area contributed by atoms with Crippen LogP contribution in [0.4, 0.5) is 4.39 Å². The molecule has 0 saturated carbocycles. The minimum absolute atomic E-state index is 0.292. The molecule has 0 spiro atoms. The molecular formula is C9H5FNO2PS. The molecule has 6 heteroatoms. The molecule has 0 N–H and O–H groups in total. The van der Waals surface area contributed by atoms with E-state index in [2.05, 4.69) is 10.8 Å². The Labute approximate surface area is 90.0 Å². The summed E-state index contributed by atoms with van der Waals surface area (Å²) in [6.45, 7) is 1.64. The molecule has 2 aromatic rings. The van der Waals surface area contributed by atoms with Gasteiger partial charge in [0.25, 0.3) is 0 Å². The van der Waals surface area contributed by atoms with E-state index in [9.17, 15) is 8.96 Å². The number of hydrogen-bond donors (Lipinski definition) is 0. The number of fused-ring (bicyclic) bond motifs is 1. The number of nitrogens with zero attached hydrogens (tertiary/aromatic N) is 1. The maximum absolute atomic E-state index is 13.6. The van der Waals surface area contributed by atoms with E-state index in [0.29, 0.717) is 21.5 Å². The molecule has 0 atom stereocenters. The van der Waals surface area contributed by atoms with Crippen LogP contribution in [0, 0.1) is 18.6 Å². The predicted octanol–water partition coefficient (Wildman–Crippen LogP) is 3.33. The summed E-state index contributed by atoms with van der Waals surface area (Å²) in [5, 5.41) is 0. The second-order valence-corrected chi connectivity index (χ2v) is 4.04. The molecule has 0 radical (unpaired) electrons. The summed E-state index contributed by atoms with van der Waals surface area (Å²) in [4.78, 5) is 3.98. The van der Waals surface area contributed by atoms with Crippen molar-refractivity contribution in [2.75, 3.05) is 0 Å². The van der Waals surface area contributed by atoms with Crippen molar-refractivity contribution in [1.82, 2.24) is 4.98 Å². The van der Waals surface area contributed by atoms with Crippen molar-refractivity contribution in [3.05, 3.63) is 23.0 Å². The first-order chi connectivity index (χ1) is 7.24. The number of aromatic nitrogens is 1. The first-order valence-corrected chi connectivity index (χ1v) is 5.69. The van der Waals surface area contributed by atoms with Crippen molar-refractivity contribution in [3.63, 3.8) is 0 Å². The van der Waals surface area contributed by atoms with E-state index in [0.717, 1.165) is 0 Å². The number of halogens is 1. The zero-order valence-corrected chi connectivity index (χ0v) is 9.36. The van der Waals surface area contributed by atoms with Crippen LogP contribution in [0.2, 0.25) is 0 Å². The Balaban J connectivity index is 2.72. The molecule has 2 rings (SSSR count). The van der Waals surface area contributed by atoms with Crippen LogP contribution in [0.15, 0.2) is 11.6 Å². The van der Waals surface area contributed by atoms with E-state index in [-0.39, 0.29) is 13.7 Å². The van der Waals surface area contributed by atoms with E-state index in [1.807, 2.05) is 0 Å². The fraction of sp³-hybridized carbons (Fsp3) is 0.111. The van der Waals surface area contributed by atoms with Gasteiger partial charge < -0.3 is 0 Å². The number of hydrogen-bond acceptors (Lipinski definition) is 4. The molecule has 0 bridgehead atoms. The Morgan fingerprint density at radius 3 is 3.20 bits per heavy atom. The van der Waals surface area contributed by atoms with E-state index in [4.69, 9.17) is 4.74 Å². The Morgan fingerprint density at radius 1 is 1.67 bits per heavy atom. The van der Waals surface area contributed by atoms with Crippen molar-refractivity contribution < 1.29 is 13.7 Å². The number of ether oxygens (including phenoxy) is 1. The Bertz CT molecular complexity index is 619. The normalized spacial score (nSPS) is 10.0. The molecule has 76 valence electrons. The van der Waals surface area contributed by atoms with Crippen LogP contribution >= 0.6 is 19.3 Å². The number of benzene rings is 1. The van der Waals surface area contributed by atoms with E-state index < -0.39 is 0 Å². The summed E-state index contributed by atoms with van der Waals surface area (Å²) < 4.78 is 29.1. The number of rotatable bonds is 1. The van der Waals surface area contributed by atoms with E-state index in [1.165, 1.54) is 22.9 Å². The van der Waals surface area contributed by atoms with E-state index >= 15 is 0 Å². The topological polar surface area (TPSA) is 39.2 Å². The van der Waals surface area contributed by atoms with Crippen molar-refractivity contribution in [3.8, 4) is 11.6 Å². The number of aryl methyl sites for hydroxylation is 1. The average Bonchev–Trinajstić information content (AvgIpc) is 2.70. The summed E-state index contributed by atoms with van der Waals surface area (Å²) in [5.41, 5.74) is 2.43. The van der Waals surface area contributed by atoms with Crippen LogP contribution in [0.5, 0.6) is 5.75 Å². The van der Waals surface area contributed by atoms with Gasteiger partial charge in [-0.2, -0.15) is 0 Å². The van der Waals surface area contributed by atoms with Gasteiger partial charge in [0.05, 0.1) is 0 Å². The molecule has 0 aliphatic carbocycles. The van der Waals surface area contributed by atoms with Gasteiger partial charge in [-0.25, -0.2) is 0 Å². The van der Waals surface area contributed by atoms with Gasteiger partial charge in [0.15, 0.2) is 0 Å². The molecule has 15 heavy (non-hydrogen) atoms. The molecule has 0 amide bonds. The third-order valence-electron chi connectivity index (χ3n) is 1.89. The second kappa shape index (κ2) is 4.15. The Kier molecular flexibility index (Phi) is 2.87. The van der Waals surface area contributed by atoms with Crippen LogP contribution in [0.1, 0.15) is 5.56 Å². The summed E-state index contributed by atoms with van der Waals surface area (Å²) >= 11 is 1.20. The SMILES string of the molecule is Cc1cc(OC#P=O)c2ncsc2c1F. The summed E-state index contributed by atoms with van der Waals surface area (Å²) in [7, 11) is -0.352. The molecule has 0 saturated heterocycles. The second-order valence-electron chi connectivity index (χ2n) is 2.82. The molecule has 1 heterocycles. The predicted molar refractivity (Wildman–Crippen MR) is 56.4 cm³/mol. The molecule has 3 nitrogen and oxygen atoms in total. The van der Waals surface area contributed by atoms with Gasteiger partial charge in [-0.05, 0) is 0 Å². The van der Waals surface area contributed by atoms with Crippen molar-refractivity contribution >= 4 is 29.5 Å². The standard InChI is InChI=1S/C9H5FNO2PS/c1-5-2-6(13-4-14-12)8-9(7(5)10)15-3-11-8/h2-3H,1H3. The maximum atomic E-state index is 13.6. The van der Waals surface area contributed by atoms with Crippen molar-refractivity contribution in [2.45, 2.75) is 6.92 Å². The van der Waals surface area contributed by atoms with Crippen LogP contribution in [-0.2, 0) is 4.57 Å². The van der Waals surface area contributed by atoms with Crippen molar-refractivity contribution in [1.29, 1.82) is 0 Å². The molecular weight excluding hydrogens is 236 g/mol. The molecule has 0 unspecified atom stereocenters. The Morgan fingerprint density at radius 2 is 2.47 bits per heavy atom. The molecule has 0 fully saturated rings. The third kappa shape index (κ3) is 1.82. The van der Waals surface area contributed by atoms with Crippen LogP contribution in [0.3, 0.4) is 0 Å². The molecule has 1 aromatic heterocycles. The monoisotopic (exact) mass is 241 g/mol. The van der Waals surface area contributed by atoms with Gasteiger partial charge in [-0.15, -0.1) is 0 Å². The number of thiazole rings is 1. The van der Waals surface area contributed by atoms with Crippen LogP contribution < -0.4 is 4.74 Å². The fourth-order valence-corrected chi connectivity index (χ4v) is 2.16. The van der Waals surface area contributed by atoms with Crippen LogP contribution in [-0.4, -0.2) is 4.98 Å². The summed E-state index contributed by atoms with van der Waals surface area (Å²) in [6, 6.07) is 1.51. The Hall–Kier alpha value is -1.15. The van der Waals surface area contributed by atoms with Crippen LogP contribution in [0.25, 0.3) is 10.2 Å². The fourth-order valence-electron chi connectivity index (χ4n) is 1.23. The van der Waals surface area contributed by atoms with Gasteiger partial charge in [-0.3, -0.25) is 0 Å². The van der Waals surface area contributed by atoms with Crippen molar-refractivity contribution in [2.24, 2.45) is 0 Å². The average molecular weight is 241 g/mol. The molecule has 1 aromatic carbocycles. The first kappa shape index (κ1) is 10.4. The van der Waals surface area contributed by atoms with Gasteiger partial charge in [0.2, 0.25) is 0 Å². The summed E-state index contributed by atoms with van der Waals surface area (Å²) in [6.07, 6.45) is 0. The van der Waals surface area contributed by atoms with Gasteiger partial charge in [-0.1, -0.05) is 0 Å². The zero-order chi connectivity index (χ0) is 10.8. The van der Waals surface area contributed by atoms with E-state index in [1.54, 1.807) is 6.92 Å². The first-order valence-electron chi connectivity index (χ1n) is 4.00. The minimum atomic E-state index is -0.352. The van der Waals surface area contributed by atoms with Gasteiger partial charge in [0, 0.05) is 0 Å². The summed E-state index contributed by atoms with van der Waals surface area (Å²) in [5.74, 6) is 2.23. The van der Waals surface area contributed by atoms with Gasteiger partial charge >= 0.3 is 89.6 Å². The molecule has 0 aliphatic heterocycles. The van der Waals surface area contributed by atoms with Gasteiger partial charge in [0.1, 0.15) is 0 Å².